The highest BCUT2D eigenvalue weighted by atomic mass is 16.4. The molecule has 0 saturated heterocycles. The number of aromatic nitrogens is 2. The van der Waals surface area contributed by atoms with Crippen LogP contribution >= 0.6 is 0 Å². The Hall–Kier alpha value is -2.10. The first-order chi connectivity index (χ1) is 8.68. The molecule has 0 fully saturated rings. The van der Waals surface area contributed by atoms with Crippen molar-refractivity contribution < 1.29 is 9.90 Å². The van der Waals surface area contributed by atoms with Gasteiger partial charge in [-0.15, -0.1) is 0 Å². The minimum absolute atomic E-state index is 0.124. The molecule has 0 saturated carbocycles. The molecule has 4 heteroatoms. The van der Waals surface area contributed by atoms with E-state index in [4.69, 9.17) is 5.11 Å². The number of hydrogen-bond acceptors (Lipinski definition) is 2. The third-order valence-corrected chi connectivity index (χ3v) is 2.95. The Balaban J connectivity index is 2.20. The van der Waals surface area contributed by atoms with Crippen molar-refractivity contribution in [2.75, 3.05) is 0 Å². The molecule has 1 unspecified atom stereocenters. The average molecular weight is 244 g/mol. The molecule has 1 heterocycles. The molecule has 0 spiro atoms. The highest BCUT2D eigenvalue weighted by Crippen LogP contribution is 2.23. The van der Waals surface area contributed by atoms with Crippen molar-refractivity contribution in [3.05, 3.63) is 42.7 Å². The van der Waals surface area contributed by atoms with E-state index in [0.29, 0.717) is 6.42 Å². The third-order valence-electron chi connectivity index (χ3n) is 2.95. The maximum absolute atomic E-state index is 10.6. The van der Waals surface area contributed by atoms with Crippen LogP contribution < -0.4 is 0 Å². The number of carboxylic acids is 1. The van der Waals surface area contributed by atoms with Crippen molar-refractivity contribution in [2.45, 2.75) is 25.8 Å². The van der Waals surface area contributed by atoms with Crippen LogP contribution in [0, 0.1) is 0 Å². The Labute approximate surface area is 106 Å². The fourth-order valence-electron chi connectivity index (χ4n) is 1.95. The molecule has 0 aliphatic heterocycles. The number of imidazole rings is 1. The molecular weight excluding hydrogens is 228 g/mol. The summed E-state index contributed by atoms with van der Waals surface area (Å²) in [5, 5.41) is 8.72. The molecule has 1 aromatic carbocycles. The first kappa shape index (κ1) is 12.4. The molecule has 0 amide bonds. The number of aliphatic carboxylic acids is 1. The van der Waals surface area contributed by atoms with Gasteiger partial charge in [0, 0.05) is 30.4 Å². The SMILES string of the molecule is CC(CCC(=O)O)n1ccnc1-c1ccccc1. The van der Waals surface area contributed by atoms with Crippen molar-refractivity contribution in [2.24, 2.45) is 0 Å². The summed E-state index contributed by atoms with van der Waals surface area (Å²) in [7, 11) is 0. The smallest absolute Gasteiger partial charge is 0.303 e. The number of hydrogen-bond donors (Lipinski definition) is 1. The summed E-state index contributed by atoms with van der Waals surface area (Å²) in [6, 6.07) is 10.0. The van der Waals surface area contributed by atoms with Crippen LogP contribution in [0.15, 0.2) is 42.7 Å². The van der Waals surface area contributed by atoms with E-state index in [1.807, 2.05) is 48.0 Å². The summed E-state index contributed by atoms with van der Waals surface area (Å²) >= 11 is 0. The van der Waals surface area contributed by atoms with Gasteiger partial charge in [-0.2, -0.15) is 0 Å². The van der Waals surface area contributed by atoms with Gasteiger partial charge in [-0.3, -0.25) is 4.79 Å². The number of nitrogens with zero attached hydrogens (tertiary/aromatic N) is 2. The molecular formula is C14H16N2O2. The van der Waals surface area contributed by atoms with Crippen molar-refractivity contribution in [3.63, 3.8) is 0 Å². The van der Waals surface area contributed by atoms with Gasteiger partial charge in [-0.25, -0.2) is 4.98 Å². The van der Waals surface area contributed by atoms with E-state index in [2.05, 4.69) is 4.98 Å². The molecule has 94 valence electrons. The Morgan fingerprint density at radius 1 is 1.39 bits per heavy atom. The van der Waals surface area contributed by atoms with Crippen LogP contribution in [0.4, 0.5) is 0 Å². The van der Waals surface area contributed by atoms with E-state index in [1.54, 1.807) is 6.20 Å². The Kier molecular flexibility index (Phi) is 3.77. The van der Waals surface area contributed by atoms with Gasteiger partial charge in [0.25, 0.3) is 0 Å². The largest absolute Gasteiger partial charge is 0.481 e. The predicted octanol–water partition coefficient (Wildman–Crippen LogP) is 2.98. The molecule has 1 N–H and O–H groups in total. The quantitative estimate of drug-likeness (QED) is 0.879. The van der Waals surface area contributed by atoms with Gasteiger partial charge in [0.2, 0.25) is 0 Å². The molecule has 0 aliphatic carbocycles. The summed E-state index contributed by atoms with van der Waals surface area (Å²) in [5.74, 6) is 0.122. The molecule has 2 rings (SSSR count). The van der Waals surface area contributed by atoms with Gasteiger partial charge in [0.15, 0.2) is 0 Å². The van der Waals surface area contributed by atoms with Gasteiger partial charge < -0.3 is 9.67 Å². The minimum atomic E-state index is -0.761. The van der Waals surface area contributed by atoms with E-state index in [9.17, 15) is 4.79 Å². The Bertz CT molecular complexity index is 520. The molecule has 4 nitrogen and oxygen atoms in total. The van der Waals surface area contributed by atoms with Crippen molar-refractivity contribution in [1.82, 2.24) is 9.55 Å². The number of benzene rings is 1. The van der Waals surface area contributed by atoms with Gasteiger partial charge in [-0.05, 0) is 13.3 Å². The second kappa shape index (κ2) is 5.49. The van der Waals surface area contributed by atoms with Crippen LogP contribution in [0.25, 0.3) is 11.4 Å². The number of carbonyl (C=O) groups is 1. The van der Waals surface area contributed by atoms with E-state index < -0.39 is 5.97 Å². The lowest BCUT2D eigenvalue weighted by Crippen LogP contribution is -2.08. The minimum Gasteiger partial charge on any atom is -0.481 e. The second-order valence-corrected chi connectivity index (χ2v) is 4.31. The molecule has 0 radical (unpaired) electrons. The van der Waals surface area contributed by atoms with E-state index in [-0.39, 0.29) is 12.5 Å². The fourth-order valence-corrected chi connectivity index (χ4v) is 1.95. The highest BCUT2D eigenvalue weighted by molar-refractivity contribution is 5.66. The average Bonchev–Trinajstić information content (AvgIpc) is 2.86. The van der Waals surface area contributed by atoms with Crippen LogP contribution in [-0.2, 0) is 4.79 Å². The third kappa shape index (κ3) is 2.77. The van der Waals surface area contributed by atoms with Crippen molar-refractivity contribution in [3.8, 4) is 11.4 Å². The van der Waals surface area contributed by atoms with Crippen LogP contribution in [0.2, 0.25) is 0 Å². The maximum Gasteiger partial charge on any atom is 0.303 e. The zero-order chi connectivity index (χ0) is 13.0. The lowest BCUT2D eigenvalue weighted by molar-refractivity contribution is -0.137. The first-order valence-electron chi connectivity index (χ1n) is 5.98. The van der Waals surface area contributed by atoms with Crippen LogP contribution in [0.1, 0.15) is 25.8 Å². The van der Waals surface area contributed by atoms with Gasteiger partial charge in [-0.1, -0.05) is 30.3 Å². The fraction of sp³-hybridized carbons (Fsp3) is 0.286. The molecule has 18 heavy (non-hydrogen) atoms. The van der Waals surface area contributed by atoms with E-state index in [0.717, 1.165) is 11.4 Å². The summed E-state index contributed by atoms with van der Waals surface area (Å²) in [5.41, 5.74) is 1.05. The van der Waals surface area contributed by atoms with Gasteiger partial charge in [0.1, 0.15) is 5.82 Å². The molecule has 1 atom stereocenters. The number of rotatable bonds is 5. The van der Waals surface area contributed by atoms with Crippen LogP contribution in [0.3, 0.4) is 0 Å². The van der Waals surface area contributed by atoms with Crippen molar-refractivity contribution in [1.29, 1.82) is 0 Å². The van der Waals surface area contributed by atoms with Gasteiger partial charge in [0.05, 0.1) is 0 Å². The molecule has 0 bridgehead atoms. The van der Waals surface area contributed by atoms with Gasteiger partial charge >= 0.3 is 5.97 Å². The normalized spacial score (nSPS) is 12.3. The molecule has 2 aromatic rings. The van der Waals surface area contributed by atoms with E-state index in [1.165, 1.54) is 0 Å². The maximum atomic E-state index is 10.6. The zero-order valence-corrected chi connectivity index (χ0v) is 10.3. The summed E-state index contributed by atoms with van der Waals surface area (Å²) in [4.78, 5) is 15.0. The summed E-state index contributed by atoms with van der Waals surface area (Å²) in [6.45, 7) is 2.01. The first-order valence-corrected chi connectivity index (χ1v) is 5.98. The summed E-state index contributed by atoms with van der Waals surface area (Å²) in [6.07, 6.45) is 4.42. The lowest BCUT2D eigenvalue weighted by atomic mass is 10.1. The van der Waals surface area contributed by atoms with Crippen LogP contribution in [-0.4, -0.2) is 20.6 Å². The highest BCUT2D eigenvalue weighted by Gasteiger charge is 2.12. The lowest BCUT2D eigenvalue weighted by Gasteiger charge is -2.15. The Morgan fingerprint density at radius 3 is 2.78 bits per heavy atom. The van der Waals surface area contributed by atoms with E-state index >= 15 is 0 Å². The van der Waals surface area contributed by atoms with Crippen molar-refractivity contribution >= 4 is 5.97 Å². The number of carboxylic acid groups (broad SMARTS) is 1. The molecule has 1 aromatic heterocycles. The standard InChI is InChI=1S/C14H16N2O2/c1-11(7-8-13(17)18)16-10-9-15-14(16)12-5-3-2-4-6-12/h2-6,9-11H,7-8H2,1H3,(H,17,18). The zero-order valence-electron chi connectivity index (χ0n) is 10.3. The predicted molar refractivity (Wildman–Crippen MR) is 69.2 cm³/mol. The van der Waals surface area contributed by atoms with Crippen LogP contribution in [0.5, 0.6) is 0 Å². The topological polar surface area (TPSA) is 55.1 Å². The molecule has 0 aliphatic rings. The second-order valence-electron chi connectivity index (χ2n) is 4.31. The summed E-state index contributed by atoms with van der Waals surface area (Å²) < 4.78 is 2.03. The Morgan fingerprint density at radius 2 is 2.11 bits per heavy atom. The monoisotopic (exact) mass is 244 g/mol.